The molecule has 0 bridgehead atoms. The predicted molar refractivity (Wildman–Crippen MR) is 58.8 cm³/mol. The Morgan fingerprint density at radius 3 is 2.82 bits per heavy atom. The zero-order valence-corrected chi connectivity index (χ0v) is 9.55. The van der Waals surface area contributed by atoms with Gasteiger partial charge in [-0.1, -0.05) is 0 Å². The fourth-order valence-corrected chi connectivity index (χ4v) is 2.23. The van der Waals surface area contributed by atoms with E-state index in [0.29, 0.717) is 11.1 Å². The Balaban J connectivity index is 1.73. The van der Waals surface area contributed by atoms with Crippen LogP contribution in [0.25, 0.3) is 0 Å². The number of carbonyl (C=O) groups is 1. The van der Waals surface area contributed by atoms with E-state index in [0.717, 1.165) is 32.1 Å². The van der Waals surface area contributed by atoms with Crippen LogP contribution in [0.5, 0.6) is 0 Å². The van der Waals surface area contributed by atoms with E-state index in [9.17, 15) is 4.79 Å². The zero-order valence-electron chi connectivity index (χ0n) is 9.55. The molecule has 0 unspecified atom stereocenters. The molecule has 0 N–H and O–H groups in total. The second-order valence-corrected chi connectivity index (χ2v) is 4.60. The van der Waals surface area contributed by atoms with E-state index in [1.165, 1.54) is 13.4 Å². The second kappa shape index (κ2) is 3.66. The normalized spacial score (nSPS) is 20.6. The molecule has 1 spiro atoms. The number of hydrogen-bond donors (Lipinski definition) is 0. The first-order chi connectivity index (χ1) is 8.22. The summed E-state index contributed by atoms with van der Waals surface area (Å²) < 4.78 is 9.84. The van der Waals surface area contributed by atoms with Gasteiger partial charge in [-0.25, -0.2) is 14.8 Å². The van der Waals surface area contributed by atoms with E-state index in [1.54, 1.807) is 6.07 Å². The van der Waals surface area contributed by atoms with E-state index in [1.807, 2.05) is 0 Å². The van der Waals surface area contributed by atoms with Gasteiger partial charge >= 0.3 is 5.97 Å². The molecule has 6 nitrogen and oxygen atoms in total. The van der Waals surface area contributed by atoms with Crippen LogP contribution in [0.15, 0.2) is 12.4 Å². The lowest BCUT2D eigenvalue weighted by Crippen LogP contribution is -2.66. The van der Waals surface area contributed by atoms with E-state index in [-0.39, 0.29) is 0 Å². The lowest BCUT2D eigenvalue weighted by molar-refractivity contribution is -0.127. The number of nitrogens with zero attached hydrogens (tertiary/aromatic N) is 3. The van der Waals surface area contributed by atoms with Crippen molar-refractivity contribution in [3.05, 3.63) is 18.1 Å². The number of aromatic nitrogens is 2. The molecular formula is C11H13N3O3. The average Bonchev–Trinajstić information content (AvgIpc) is 2.25. The predicted octanol–water partition coefficient (Wildman–Crippen LogP) is 0.0998. The van der Waals surface area contributed by atoms with Crippen molar-refractivity contribution in [1.82, 2.24) is 9.97 Å². The Morgan fingerprint density at radius 2 is 2.24 bits per heavy atom. The first-order valence-corrected chi connectivity index (χ1v) is 5.46. The summed E-state index contributed by atoms with van der Waals surface area (Å²) in [5, 5.41) is 0. The van der Waals surface area contributed by atoms with Crippen LogP contribution in [-0.2, 0) is 9.47 Å². The third kappa shape index (κ3) is 1.64. The number of ether oxygens (including phenoxy) is 2. The van der Waals surface area contributed by atoms with Crippen LogP contribution in [0.1, 0.15) is 10.5 Å². The van der Waals surface area contributed by atoms with Crippen molar-refractivity contribution >= 4 is 11.8 Å². The molecular weight excluding hydrogens is 222 g/mol. The van der Waals surface area contributed by atoms with Crippen molar-refractivity contribution in [3.8, 4) is 0 Å². The van der Waals surface area contributed by atoms with Gasteiger partial charge in [0, 0.05) is 19.2 Å². The summed E-state index contributed by atoms with van der Waals surface area (Å²) >= 11 is 0. The van der Waals surface area contributed by atoms with E-state index < -0.39 is 5.97 Å². The molecule has 3 rings (SSSR count). The maximum atomic E-state index is 11.3. The monoisotopic (exact) mass is 235 g/mol. The third-order valence-electron chi connectivity index (χ3n) is 3.24. The van der Waals surface area contributed by atoms with Crippen LogP contribution in [0.4, 0.5) is 5.82 Å². The molecule has 17 heavy (non-hydrogen) atoms. The molecule has 2 saturated heterocycles. The van der Waals surface area contributed by atoms with E-state index >= 15 is 0 Å². The molecule has 0 atom stereocenters. The van der Waals surface area contributed by atoms with Crippen molar-refractivity contribution in [2.24, 2.45) is 5.41 Å². The quantitative estimate of drug-likeness (QED) is 0.677. The van der Waals surface area contributed by atoms with Crippen molar-refractivity contribution in [1.29, 1.82) is 0 Å². The van der Waals surface area contributed by atoms with Crippen LogP contribution in [-0.4, -0.2) is 49.4 Å². The third-order valence-corrected chi connectivity index (χ3v) is 3.24. The smallest absolute Gasteiger partial charge is 0.356 e. The molecule has 0 aliphatic carbocycles. The van der Waals surface area contributed by atoms with E-state index in [4.69, 9.17) is 4.74 Å². The number of esters is 1. The molecule has 3 heterocycles. The van der Waals surface area contributed by atoms with Gasteiger partial charge < -0.3 is 14.4 Å². The average molecular weight is 235 g/mol. The minimum atomic E-state index is -0.434. The summed E-state index contributed by atoms with van der Waals surface area (Å²) in [5.74, 6) is 0.341. The van der Waals surface area contributed by atoms with Crippen LogP contribution in [0, 0.1) is 5.41 Å². The van der Waals surface area contributed by atoms with Gasteiger partial charge in [-0.3, -0.25) is 0 Å². The Hall–Kier alpha value is -1.69. The number of hydrogen-bond acceptors (Lipinski definition) is 6. The summed E-state index contributed by atoms with van der Waals surface area (Å²) in [6, 6.07) is 1.66. The van der Waals surface area contributed by atoms with Crippen LogP contribution in [0.3, 0.4) is 0 Å². The number of methoxy groups -OCH3 is 1. The molecule has 6 heteroatoms. The lowest BCUT2D eigenvalue weighted by Gasteiger charge is -2.55. The Morgan fingerprint density at radius 1 is 1.47 bits per heavy atom. The van der Waals surface area contributed by atoms with Gasteiger partial charge in [0.1, 0.15) is 12.1 Å². The standard InChI is InChI=1S/C11H13N3O3/c1-16-10(15)8-2-9(13-7-12-8)14-3-11(4-14)5-17-6-11/h2,7H,3-6H2,1H3. The first-order valence-electron chi connectivity index (χ1n) is 5.46. The van der Waals surface area contributed by atoms with Crippen LogP contribution >= 0.6 is 0 Å². The molecule has 1 aromatic heterocycles. The molecule has 90 valence electrons. The Kier molecular flexibility index (Phi) is 2.25. The fraction of sp³-hybridized carbons (Fsp3) is 0.545. The Labute approximate surface area is 98.6 Å². The number of carbonyl (C=O) groups excluding carboxylic acids is 1. The fourth-order valence-electron chi connectivity index (χ4n) is 2.23. The molecule has 0 radical (unpaired) electrons. The minimum absolute atomic E-state index is 0.295. The summed E-state index contributed by atoms with van der Waals surface area (Å²) in [5.41, 5.74) is 0.624. The minimum Gasteiger partial charge on any atom is -0.464 e. The maximum Gasteiger partial charge on any atom is 0.356 e. The van der Waals surface area contributed by atoms with Crippen molar-refractivity contribution in [2.75, 3.05) is 38.3 Å². The summed E-state index contributed by atoms with van der Waals surface area (Å²) in [4.78, 5) is 21.5. The molecule has 2 fully saturated rings. The van der Waals surface area contributed by atoms with Crippen LogP contribution < -0.4 is 4.90 Å². The highest BCUT2D eigenvalue weighted by molar-refractivity contribution is 5.87. The van der Waals surface area contributed by atoms with Gasteiger partial charge in [0.2, 0.25) is 0 Å². The van der Waals surface area contributed by atoms with Crippen molar-refractivity contribution < 1.29 is 14.3 Å². The maximum absolute atomic E-state index is 11.3. The van der Waals surface area contributed by atoms with Gasteiger partial charge in [-0.05, 0) is 0 Å². The van der Waals surface area contributed by atoms with Crippen molar-refractivity contribution in [3.63, 3.8) is 0 Å². The molecule has 2 aliphatic rings. The van der Waals surface area contributed by atoms with Crippen LogP contribution in [0.2, 0.25) is 0 Å². The highest BCUT2D eigenvalue weighted by Gasteiger charge is 2.49. The van der Waals surface area contributed by atoms with E-state index in [2.05, 4.69) is 19.6 Å². The largest absolute Gasteiger partial charge is 0.464 e. The summed E-state index contributed by atoms with van der Waals surface area (Å²) in [6.07, 6.45) is 1.39. The second-order valence-electron chi connectivity index (χ2n) is 4.60. The summed E-state index contributed by atoms with van der Waals surface area (Å²) in [6.45, 7) is 3.53. The summed E-state index contributed by atoms with van der Waals surface area (Å²) in [7, 11) is 1.34. The molecule has 0 saturated carbocycles. The lowest BCUT2D eigenvalue weighted by atomic mass is 9.78. The van der Waals surface area contributed by atoms with Gasteiger partial charge in [-0.15, -0.1) is 0 Å². The van der Waals surface area contributed by atoms with Gasteiger partial charge in [0.15, 0.2) is 5.69 Å². The highest BCUT2D eigenvalue weighted by atomic mass is 16.5. The van der Waals surface area contributed by atoms with Gasteiger partial charge in [0.05, 0.1) is 25.7 Å². The SMILES string of the molecule is COC(=O)c1cc(N2CC3(COC3)C2)ncn1. The number of anilines is 1. The molecule has 0 amide bonds. The van der Waals surface area contributed by atoms with Gasteiger partial charge in [-0.2, -0.15) is 0 Å². The molecule has 1 aromatic rings. The molecule has 2 aliphatic heterocycles. The van der Waals surface area contributed by atoms with Gasteiger partial charge in [0.25, 0.3) is 0 Å². The molecule has 0 aromatic carbocycles. The first kappa shape index (κ1) is 10.5. The highest BCUT2D eigenvalue weighted by Crippen LogP contribution is 2.39. The topological polar surface area (TPSA) is 64.5 Å². The zero-order chi connectivity index (χ0) is 11.9. The number of rotatable bonds is 2. The Bertz CT molecular complexity index is 451. The van der Waals surface area contributed by atoms with Crippen molar-refractivity contribution in [2.45, 2.75) is 0 Å².